The van der Waals surface area contributed by atoms with Crippen molar-refractivity contribution >= 4 is 11.8 Å². The lowest BCUT2D eigenvalue weighted by atomic mass is 9.89. The van der Waals surface area contributed by atoms with E-state index in [1.807, 2.05) is 0 Å². The Morgan fingerprint density at radius 3 is 2.52 bits per heavy atom. The number of carbonyl (C=O) groups excluding carboxylic acids is 1. The summed E-state index contributed by atoms with van der Waals surface area (Å²) in [5.41, 5.74) is 3.14. The maximum Gasteiger partial charge on any atom is 0.411 e. The summed E-state index contributed by atoms with van der Waals surface area (Å²) in [6.45, 7) is 1.37. The molecule has 1 heterocycles. The molecular formula is C24H31FN2O4. The second-order valence-corrected chi connectivity index (χ2v) is 7.77. The minimum absolute atomic E-state index is 0.339. The standard InChI is InChI=1S/C24H31FN2O4/c1-27-13-12-17-15-22(29-2)23(30-3)16-20(17)21(27)7-5-4-6-14-31-24(28)26-19-10-8-18(25)9-11-19/h8-11,15-16,21H,4-7,12-14H2,1-3H3,(H,26,28). The number of likely N-dealkylation sites (N-methyl/N-ethyl adjacent to an activating group) is 1. The zero-order valence-electron chi connectivity index (χ0n) is 18.4. The van der Waals surface area contributed by atoms with Crippen molar-refractivity contribution in [3.05, 3.63) is 53.3 Å². The summed E-state index contributed by atoms with van der Waals surface area (Å²) in [5.74, 6) is 1.20. The van der Waals surface area contributed by atoms with Gasteiger partial charge in [0.05, 0.1) is 20.8 Å². The molecule has 0 saturated heterocycles. The van der Waals surface area contributed by atoms with Gasteiger partial charge in [0.1, 0.15) is 5.82 Å². The number of benzene rings is 2. The smallest absolute Gasteiger partial charge is 0.411 e. The van der Waals surface area contributed by atoms with Crippen LogP contribution in [0.3, 0.4) is 0 Å². The van der Waals surface area contributed by atoms with Crippen molar-refractivity contribution in [3.63, 3.8) is 0 Å². The van der Waals surface area contributed by atoms with E-state index < -0.39 is 6.09 Å². The van der Waals surface area contributed by atoms with Gasteiger partial charge in [-0.25, -0.2) is 9.18 Å². The number of rotatable bonds is 9. The van der Waals surface area contributed by atoms with Gasteiger partial charge in [-0.05, 0) is 80.3 Å². The van der Waals surface area contributed by atoms with E-state index in [0.717, 1.165) is 50.1 Å². The Labute approximate surface area is 183 Å². The maximum atomic E-state index is 12.9. The summed E-state index contributed by atoms with van der Waals surface area (Å²) in [6.07, 6.45) is 4.31. The van der Waals surface area contributed by atoms with E-state index >= 15 is 0 Å². The van der Waals surface area contributed by atoms with Gasteiger partial charge in [0.15, 0.2) is 11.5 Å². The van der Waals surface area contributed by atoms with Crippen molar-refractivity contribution < 1.29 is 23.4 Å². The van der Waals surface area contributed by atoms with E-state index in [4.69, 9.17) is 14.2 Å². The Balaban J connectivity index is 1.43. The molecule has 31 heavy (non-hydrogen) atoms. The average Bonchev–Trinajstić information content (AvgIpc) is 2.78. The van der Waals surface area contributed by atoms with Crippen LogP contribution in [0.15, 0.2) is 36.4 Å². The normalized spacial score (nSPS) is 15.8. The lowest BCUT2D eigenvalue weighted by Crippen LogP contribution is -2.32. The zero-order valence-corrected chi connectivity index (χ0v) is 18.4. The fraction of sp³-hybridized carbons (Fsp3) is 0.458. The van der Waals surface area contributed by atoms with Crippen molar-refractivity contribution in [2.24, 2.45) is 0 Å². The van der Waals surface area contributed by atoms with Crippen molar-refractivity contribution in [2.45, 2.75) is 38.1 Å². The number of unbranched alkanes of at least 4 members (excludes halogenated alkanes) is 2. The number of ether oxygens (including phenoxy) is 3. The molecule has 1 aliphatic heterocycles. The highest BCUT2D eigenvalue weighted by Crippen LogP contribution is 2.39. The van der Waals surface area contributed by atoms with Gasteiger partial charge < -0.3 is 14.2 Å². The van der Waals surface area contributed by atoms with Gasteiger partial charge >= 0.3 is 6.09 Å². The van der Waals surface area contributed by atoms with Gasteiger partial charge in [0.2, 0.25) is 0 Å². The molecule has 2 aromatic carbocycles. The number of hydrogen-bond donors (Lipinski definition) is 1. The quantitative estimate of drug-likeness (QED) is 0.556. The SMILES string of the molecule is COc1cc2c(cc1OC)C(CCCCCOC(=O)Nc1ccc(F)cc1)N(C)CC2. The summed E-state index contributed by atoms with van der Waals surface area (Å²) in [6, 6.07) is 10.1. The molecule has 0 bridgehead atoms. The van der Waals surface area contributed by atoms with Gasteiger partial charge in [-0.1, -0.05) is 6.42 Å². The van der Waals surface area contributed by atoms with E-state index in [-0.39, 0.29) is 5.82 Å². The number of anilines is 1. The van der Waals surface area contributed by atoms with E-state index in [1.54, 1.807) is 14.2 Å². The molecule has 6 nitrogen and oxygen atoms in total. The molecule has 3 rings (SSSR count). The van der Waals surface area contributed by atoms with Crippen molar-refractivity contribution in [2.75, 3.05) is 39.7 Å². The molecule has 1 N–H and O–H groups in total. The Morgan fingerprint density at radius 1 is 1.10 bits per heavy atom. The minimum atomic E-state index is -0.520. The first-order chi connectivity index (χ1) is 15.0. The number of nitrogens with zero attached hydrogens (tertiary/aromatic N) is 1. The molecule has 0 saturated carbocycles. The molecule has 7 heteroatoms. The van der Waals surface area contributed by atoms with Crippen molar-refractivity contribution in [3.8, 4) is 11.5 Å². The number of carbonyl (C=O) groups is 1. The van der Waals surface area contributed by atoms with E-state index in [2.05, 4.69) is 29.4 Å². The predicted molar refractivity (Wildman–Crippen MR) is 118 cm³/mol. The highest BCUT2D eigenvalue weighted by molar-refractivity contribution is 5.84. The molecule has 0 aromatic heterocycles. The second-order valence-electron chi connectivity index (χ2n) is 7.77. The van der Waals surface area contributed by atoms with E-state index in [0.29, 0.717) is 18.3 Å². The van der Waals surface area contributed by atoms with Gasteiger partial charge in [0.25, 0.3) is 0 Å². The molecule has 0 aliphatic carbocycles. The third kappa shape index (κ3) is 6.10. The lowest BCUT2D eigenvalue weighted by Gasteiger charge is -2.35. The Kier molecular flexibility index (Phi) is 8.12. The molecule has 0 spiro atoms. The van der Waals surface area contributed by atoms with E-state index in [1.165, 1.54) is 35.4 Å². The van der Waals surface area contributed by atoms with Crippen molar-refractivity contribution in [1.82, 2.24) is 4.90 Å². The predicted octanol–water partition coefficient (Wildman–Crippen LogP) is 5.18. The summed E-state index contributed by atoms with van der Waals surface area (Å²) in [5, 5.41) is 2.59. The number of amides is 1. The summed E-state index contributed by atoms with van der Waals surface area (Å²) in [7, 11) is 5.49. The van der Waals surface area contributed by atoms with Gasteiger partial charge in [-0.15, -0.1) is 0 Å². The van der Waals surface area contributed by atoms with Crippen LogP contribution in [0.5, 0.6) is 11.5 Å². The molecule has 2 aromatic rings. The van der Waals surface area contributed by atoms with Crippen LogP contribution in [0.2, 0.25) is 0 Å². The Morgan fingerprint density at radius 2 is 1.81 bits per heavy atom. The topological polar surface area (TPSA) is 60.0 Å². The van der Waals surface area contributed by atoms with Crippen LogP contribution in [0.25, 0.3) is 0 Å². The lowest BCUT2D eigenvalue weighted by molar-refractivity contribution is 0.158. The largest absolute Gasteiger partial charge is 0.493 e. The fourth-order valence-electron chi connectivity index (χ4n) is 4.00. The van der Waals surface area contributed by atoms with Gasteiger partial charge in [-0.2, -0.15) is 0 Å². The number of hydrogen-bond acceptors (Lipinski definition) is 5. The second kappa shape index (κ2) is 11.0. The molecule has 168 valence electrons. The monoisotopic (exact) mass is 430 g/mol. The van der Waals surface area contributed by atoms with E-state index in [9.17, 15) is 9.18 Å². The van der Waals surface area contributed by atoms with Crippen LogP contribution in [-0.2, 0) is 11.2 Å². The molecule has 1 atom stereocenters. The highest BCUT2D eigenvalue weighted by atomic mass is 19.1. The maximum absolute atomic E-state index is 12.9. The van der Waals surface area contributed by atoms with Gasteiger partial charge in [-0.3, -0.25) is 10.2 Å². The fourth-order valence-corrected chi connectivity index (χ4v) is 4.00. The Hall–Kier alpha value is -2.80. The number of nitrogens with one attached hydrogen (secondary N) is 1. The molecule has 1 unspecified atom stereocenters. The molecule has 1 aliphatic rings. The first-order valence-corrected chi connectivity index (χ1v) is 10.7. The zero-order chi connectivity index (χ0) is 22.2. The van der Waals surface area contributed by atoms with Gasteiger partial charge in [0, 0.05) is 18.3 Å². The third-order valence-electron chi connectivity index (χ3n) is 5.72. The molecular weight excluding hydrogens is 399 g/mol. The number of methoxy groups -OCH3 is 2. The third-order valence-corrected chi connectivity index (χ3v) is 5.72. The first kappa shape index (κ1) is 22.9. The van der Waals surface area contributed by atoms with Crippen LogP contribution in [-0.4, -0.2) is 45.4 Å². The first-order valence-electron chi connectivity index (χ1n) is 10.7. The molecule has 0 radical (unpaired) electrons. The van der Waals surface area contributed by atoms with Crippen LogP contribution >= 0.6 is 0 Å². The number of fused-ring (bicyclic) bond motifs is 1. The molecule has 0 fully saturated rings. The summed E-state index contributed by atoms with van der Waals surface area (Å²) < 4.78 is 29.1. The minimum Gasteiger partial charge on any atom is -0.493 e. The van der Waals surface area contributed by atoms with Crippen LogP contribution in [0.4, 0.5) is 14.9 Å². The van der Waals surface area contributed by atoms with Crippen LogP contribution in [0, 0.1) is 5.82 Å². The van der Waals surface area contributed by atoms with Crippen molar-refractivity contribution in [1.29, 1.82) is 0 Å². The Bertz CT molecular complexity index is 873. The average molecular weight is 431 g/mol. The highest BCUT2D eigenvalue weighted by Gasteiger charge is 2.26. The summed E-state index contributed by atoms with van der Waals surface area (Å²) in [4.78, 5) is 14.2. The number of halogens is 1. The molecule has 1 amide bonds. The van der Waals surface area contributed by atoms with Crippen LogP contribution < -0.4 is 14.8 Å². The van der Waals surface area contributed by atoms with Crippen LogP contribution in [0.1, 0.15) is 42.9 Å². The summed E-state index contributed by atoms with van der Waals surface area (Å²) >= 11 is 0.